The van der Waals surface area contributed by atoms with Crippen LogP contribution in [0.4, 0.5) is 4.79 Å². The molecule has 2 N–H and O–H groups in total. The topological polar surface area (TPSA) is 236 Å². The summed E-state index contributed by atoms with van der Waals surface area (Å²) in [4.78, 5) is 65.6. The monoisotopic (exact) mass is 1580 g/mol. The van der Waals surface area contributed by atoms with Crippen LogP contribution in [-0.2, 0) is 74.8 Å². The second-order valence-electron chi connectivity index (χ2n) is 31.0. The van der Waals surface area contributed by atoms with Crippen molar-refractivity contribution in [3.8, 4) is 0 Å². The summed E-state index contributed by atoms with van der Waals surface area (Å²) >= 11 is 0. The largest absolute Gasteiger partial charge is 0.462 e. The van der Waals surface area contributed by atoms with Crippen molar-refractivity contribution < 1.29 is 79.6 Å². The predicted molar refractivity (Wildman–Crippen MR) is 444 cm³/mol. The lowest BCUT2D eigenvalue weighted by Crippen LogP contribution is -2.38. The van der Waals surface area contributed by atoms with E-state index in [4.69, 9.17) is 46.5 Å². The van der Waals surface area contributed by atoms with E-state index in [-0.39, 0.29) is 115 Å². The number of unbranched alkanes of at least 4 members (excludes halogenated alkanes) is 46. The summed E-state index contributed by atoms with van der Waals surface area (Å²) < 4.78 is 86.2. The quantitative estimate of drug-likeness (QED) is 0.0249. The minimum Gasteiger partial charge on any atom is -0.462 e. The highest BCUT2D eigenvalue weighted by Crippen LogP contribution is 2.44. The second kappa shape index (κ2) is 79.6. The second-order valence-corrected chi connectivity index (χ2v) is 35.1. The Kier molecular flexibility index (Phi) is 77.7. The Labute approximate surface area is 662 Å². The van der Waals surface area contributed by atoms with E-state index >= 15 is 0 Å². The number of hydrogen-bond donors (Lipinski definition) is 2. The Morgan fingerprint density at radius 2 is 0.463 bits per heavy atom. The maximum absolute atomic E-state index is 13.6. The molecular formula is C87H170N2O17P2. The van der Waals surface area contributed by atoms with Gasteiger partial charge in [-0.2, -0.15) is 0 Å². The fraction of sp³-hybridized carbons (Fsp3) is 0.943. The van der Waals surface area contributed by atoms with Crippen LogP contribution in [0.3, 0.4) is 0 Å². The molecule has 0 spiro atoms. The molecule has 0 aromatic rings. The van der Waals surface area contributed by atoms with Gasteiger partial charge in [-0.15, -0.1) is 0 Å². The smallest absolute Gasteiger partial charge is 0.327 e. The van der Waals surface area contributed by atoms with Gasteiger partial charge >= 0.3 is 45.1 Å². The molecule has 0 fully saturated rings. The van der Waals surface area contributed by atoms with Crippen LogP contribution < -0.4 is 10.6 Å². The lowest BCUT2D eigenvalue weighted by Gasteiger charge is -2.22. The number of nitrogens with one attached hydrogen (secondary N) is 2. The van der Waals surface area contributed by atoms with Gasteiger partial charge in [0.1, 0.15) is 24.4 Å². The van der Waals surface area contributed by atoms with Crippen LogP contribution in [0.25, 0.3) is 0 Å². The fourth-order valence-corrected chi connectivity index (χ4v) is 15.1. The number of ether oxygens (including phenoxy) is 6. The first-order valence-corrected chi connectivity index (χ1v) is 49.2. The van der Waals surface area contributed by atoms with Crippen LogP contribution in [0.5, 0.6) is 0 Å². The molecule has 640 valence electrons. The molecule has 0 bridgehead atoms. The highest BCUT2D eigenvalue weighted by atomic mass is 31.2. The zero-order valence-electron chi connectivity index (χ0n) is 71.1. The van der Waals surface area contributed by atoms with Gasteiger partial charge in [0.25, 0.3) is 0 Å². The molecule has 0 rings (SSSR count). The van der Waals surface area contributed by atoms with Crippen molar-refractivity contribution in [2.45, 2.75) is 451 Å². The zero-order chi connectivity index (χ0) is 79.2. The van der Waals surface area contributed by atoms with E-state index in [1.54, 1.807) is 0 Å². The third-order valence-corrected chi connectivity index (χ3v) is 22.6. The number of carbonyl (C=O) groups excluding carboxylic acids is 5. The zero-order valence-corrected chi connectivity index (χ0v) is 72.9. The van der Waals surface area contributed by atoms with Crippen molar-refractivity contribution in [1.82, 2.24) is 10.6 Å². The summed E-state index contributed by atoms with van der Waals surface area (Å²) in [6.45, 7) is 15.6. The molecule has 2 amide bonds. The van der Waals surface area contributed by atoms with Gasteiger partial charge < -0.3 is 57.1 Å². The number of rotatable bonds is 86. The highest BCUT2D eigenvalue weighted by molar-refractivity contribution is 7.53. The minimum atomic E-state index is -3.72. The standard InChI is InChI=1S/C87H170N2O17P2/c1-9-15-21-27-31-35-38-40-44-48-54-60-66-86(93)106-82(76-98-72-68-80(62-56-50-26-20-14-6)104-84(91)64-58-52-46-42-37-33-29-23-17-11-3)78-102-108(8,96)100-74-70-89-87(94)88-69-73-99-107(7,95)101-77-81(105-85(92)65-59-53-47-43-39-36-32-28-22-16-10-2)75-97-71-67-79(61-55-49-25-19-13-5)103-83(90)63-57-51-45-41-34-30-24-18-12-4/h79-82H,9-78H2,1-8H3,(H2,88,89,94). The molecule has 0 aromatic heterocycles. The van der Waals surface area contributed by atoms with Crippen molar-refractivity contribution in [3.63, 3.8) is 0 Å². The van der Waals surface area contributed by atoms with E-state index < -0.39 is 33.4 Å². The number of carbonyl (C=O) groups is 5. The van der Waals surface area contributed by atoms with Crippen molar-refractivity contribution in [3.05, 3.63) is 0 Å². The van der Waals surface area contributed by atoms with Gasteiger partial charge in [-0.1, -0.05) is 337 Å². The number of amides is 2. The van der Waals surface area contributed by atoms with Gasteiger partial charge in [0.05, 0.1) is 52.9 Å². The maximum Gasteiger partial charge on any atom is 0.327 e. The van der Waals surface area contributed by atoms with Gasteiger partial charge in [0.2, 0.25) is 0 Å². The van der Waals surface area contributed by atoms with Crippen LogP contribution in [0.2, 0.25) is 0 Å². The Morgan fingerprint density at radius 1 is 0.250 bits per heavy atom. The summed E-state index contributed by atoms with van der Waals surface area (Å²) in [5.41, 5.74) is 0. The Balaban J connectivity index is 5.57. The van der Waals surface area contributed by atoms with Gasteiger partial charge in [-0.3, -0.25) is 28.3 Å². The van der Waals surface area contributed by atoms with Crippen molar-refractivity contribution >= 4 is 45.1 Å². The van der Waals surface area contributed by atoms with Crippen molar-refractivity contribution in [1.29, 1.82) is 0 Å². The Bertz CT molecular complexity index is 2130. The van der Waals surface area contributed by atoms with E-state index in [1.807, 2.05) is 0 Å². The molecule has 0 aromatic carbocycles. The highest BCUT2D eigenvalue weighted by Gasteiger charge is 2.26. The van der Waals surface area contributed by atoms with Crippen LogP contribution in [0.15, 0.2) is 0 Å². The number of esters is 4. The molecule has 21 heteroatoms. The molecule has 6 atom stereocenters. The Morgan fingerprint density at radius 3 is 0.704 bits per heavy atom. The van der Waals surface area contributed by atoms with Gasteiger partial charge in [0, 0.05) is 64.9 Å². The van der Waals surface area contributed by atoms with Crippen LogP contribution in [-0.4, -0.2) is 134 Å². The fourth-order valence-electron chi connectivity index (χ4n) is 13.3. The summed E-state index contributed by atoms with van der Waals surface area (Å²) in [5, 5.41) is 5.31. The normalized spacial score (nSPS) is 13.9. The first-order chi connectivity index (χ1) is 52.5. The first kappa shape index (κ1) is 105. The molecule has 0 aliphatic rings. The average molecular weight is 1580 g/mol. The van der Waals surface area contributed by atoms with Crippen LogP contribution in [0, 0.1) is 0 Å². The van der Waals surface area contributed by atoms with E-state index in [9.17, 15) is 33.1 Å². The molecular weight excluding hydrogens is 1410 g/mol. The van der Waals surface area contributed by atoms with Crippen molar-refractivity contribution in [2.24, 2.45) is 0 Å². The molecule has 108 heavy (non-hydrogen) atoms. The van der Waals surface area contributed by atoms with Crippen LogP contribution >= 0.6 is 15.2 Å². The maximum atomic E-state index is 13.6. The number of urea groups is 1. The van der Waals surface area contributed by atoms with Crippen LogP contribution in [0.1, 0.15) is 427 Å². The summed E-state index contributed by atoms with van der Waals surface area (Å²) in [5.74, 6) is -1.11. The molecule has 19 nitrogen and oxygen atoms in total. The average Bonchev–Trinajstić information content (AvgIpc) is 0.915. The molecule has 6 unspecified atom stereocenters. The Hall–Kier alpha value is -2.63. The first-order valence-electron chi connectivity index (χ1n) is 45.2. The lowest BCUT2D eigenvalue weighted by molar-refractivity contribution is -0.156. The molecule has 0 radical (unpaired) electrons. The third-order valence-electron chi connectivity index (χ3n) is 20.1. The summed E-state index contributed by atoms with van der Waals surface area (Å²) in [6.07, 6.45) is 61.7. The minimum absolute atomic E-state index is 0.0170. The summed E-state index contributed by atoms with van der Waals surface area (Å²) in [7, 11) is -7.44. The molecule has 0 saturated carbocycles. The summed E-state index contributed by atoms with van der Waals surface area (Å²) in [6, 6.07) is -0.574. The van der Waals surface area contributed by atoms with E-state index in [1.165, 1.54) is 206 Å². The van der Waals surface area contributed by atoms with E-state index in [0.29, 0.717) is 38.5 Å². The molecule has 0 saturated heterocycles. The molecule has 0 heterocycles. The van der Waals surface area contributed by atoms with Gasteiger partial charge in [0.15, 0.2) is 0 Å². The molecule has 0 aliphatic heterocycles. The third kappa shape index (κ3) is 76.0. The SMILES string of the molecule is CCCCCCCCCCCCCCC(=O)OC(COCCC(CCCCCCC)OC(=O)CCCCCCCCCCCC)COP(C)(=O)OCCNC(=O)NCCOP(C)(=O)OCC(COCCC(CCCCCCC)OC(=O)CCCCCCCCCCC)OC(=O)CCCCCCCCCCCCC. The predicted octanol–water partition coefficient (Wildman–Crippen LogP) is 25.2. The molecule has 0 aliphatic carbocycles. The van der Waals surface area contributed by atoms with Gasteiger partial charge in [-0.05, 0) is 51.4 Å². The lowest BCUT2D eigenvalue weighted by atomic mass is 10.0. The number of hydrogen-bond acceptors (Lipinski definition) is 17. The van der Waals surface area contributed by atoms with Crippen molar-refractivity contribution in [2.75, 3.05) is 79.3 Å². The van der Waals surface area contributed by atoms with E-state index in [2.05, 4.69) is 52.2 Å². The van der Waals surface area contributed by atoms with E-state index in [0.717, 1.165) is 141 Å². The van der Waals surface area contributed by atoms with Gasteiger partial charge in [-0.25, -0.2) is 4.79 Å².